The van der Waals surface area contributed by atoms with Gasteiger partial charge in [0.2, 0.25) is 5.91 Å². The van der Waals surface area contributed by atoms with Crippen molar-refractivity contribution in [3.05, 3.63) is 102 Å². The first-order chi connectivity index (χ1) is 18.2. The molecule has 1 atom stereocenters. The standard InChI is InChI=1S/C32H38N2O3/c1-36-24-25-37-23-22-34-30-15-9-8-14-29(30)32(31(34)35,28-12-6-3-7-13-28)18-21-33-19-16-27(17-20-33)26-10-4-2-5-11-26/h2-15,27H,16-25H2,1H3. The number of methoxy groups -OCH3 is 1. The van der Waals surface area contributed by atoms with Gasteiger partial charge in [0.05, 0.1) is 19.8 Å². The summed E-state index contributed by atoms with van der Waals surface area (Å²) in [5, 5.41) is 0. The molecule has 0 aromatic heterocycles. The molecule has 0 N–H and O–H groups in total. The molecule has 3 aromatic carbocycles. The van der Waals surface area contributed by atoms with E-state index in [9.17, 15) is 4.79 Å². The number of nitrogens with zero attached hydrogens (tertiary/aromatic N) is 2. The number of carbonyl (C=O) groups is 1. The summed E-state index contributed by atoms with van der Waals surface area (Å²) in [6.07, 6.45) is 3.10. The van der Waals surface area contributed by atoms with E-state index in [1.165, 1.54) is 5.56 Å². The molecule has 0 saturated carbocycles. The average molecular weight is 499 g/mol. The van der Waals surface area contributed by atoms with Crippen molar-refractivity contribution >= 4 is 11.6 Å². The van der Waals surface area contributed by atoms with Crippen LogP contribution in [0.4, 0.5) is 5.69 Å². The molecule has 1 fully saturated rings. The molecular weight excluding hydrogens is 460 g/mol. The molecule has 2 aliphatic heterocycles. The van der Waals surface area contributed by atoms with Crippen molar-refractivity contribution in [2.24, 2.45) is 0 Å². The van der Waals surface area contributed by atoms with Gasteiger partial charge in [0.1, 0.15) is 5.41 Å². The highest BCUT2D eigenvalue weighted by Crippen LogP contribution is 2.48. The number of piperidine rings is 1. The molecule has 0 spiro atoms. The van der Waals surface area contributed by atoms with Crippen LogP contribution in [0.25, 0.3) is 0 Å². The summed E-state index contributed by atoms with van der Waals surface area (Å²) < 4.78 is 10.8. The molecule has 1 amide bonds. The summed E-state index contributed by atoms with van der Waals surface area (Å²) in [7, 11) is 1.67. The number of fused-ring (bicyclic) bond motifs is 1. The zero-order valence-corrected chi connectivity index (χ0v) is 21.9. The summed E-state index contributed by atoms with van der Waals surface area (Å²) >= 11 is 0. The highest BCUT2D eigenvalue weighted by Gasteiger charge is 2.51. The van der Waals surface area contributed by atoms with Gasteiger partial charge in [-0.15, -0.1) is 0 Å². The summed E-state index contributed by atoms with van der Waals surface area (Å²) in [4.78, 5) is 18.8. The average Bonchev–Trinajstić information content (AvgIpc) is 3.21. The summed E-state index contributed by atoms with van der Waals surface area (Å²) in [5.74, 6) is 0.789. The number of anilines is 1. The number of rotatable bonds is 11. The van der Waals surface area contributed by atoms with E-state index in [2.05, 4.69) is 77.7 Å². The number of ether oxygens (including phenoxy) is 2. The van der Waals surface area contributed by atoms with Crippen LogP contribution in [0.5, 0.6) is 0 Å². The third kappa shape index (κ3) is 5.35. The minimum atomic E-state index is -0.680. The maximum Gasteiger partial charge on any atom is 0.242 e. The number of benzene rings is 3. The molecule has 2 heterocycles. The zero-order valence-electron chi connectivity index (χ0n) is 21.9. The first kappa shape index (κ1) is 25.7. The number of hydrogen-bond acceptors (Lipinski definition) is 4. The Labute approximate surface area is 221 Å². The van der Waals surface area contributed by atoms with E-state index in [0.717, 1.165) is 55.7 Å². The highest BCUT2D eigenvalue weighted by molar-refractivity contribution is 6.10. The molecule has 5 rings (SSSR count). The summed E-state index contributed by atoms with van der Waals surface area (Å²) in [5.41, 5.74) is 3.97. The van der Waals surface area contributed by atoms with Gasteiger partial charge in [0.25, 0.3) is 0 Å². The number of likely N-dealkylation sites (tertiary alicyclic amines) is 1. The minimum absolute atomic E-state index is 0.161. The Bertz CT molecular complexity index is 1140. The van der Waals surface area contributed by atoms with Crippen molar-refractivity contribution in [1.29, 1.82) is 0 Å². The second-order valence-corrected chi connectivity index (χ2v) is 10.1. The fourth-order valence-electron chi connectivity index (χ4n) is 6.08. The van der Waals surface area contributed by atoms with Crippen LogP contribution in [0.15, 0.2) is 84.9 Å². The molecule has 5 heteroatoms. The first-order valence-electron chi connectivity index (χ1n) is 13.5. The van der Waals surface area contributed by atoms with E-state index in [4.69, 9.17) is 9.47 Å². The molecule has 2 aliphatic rings. The lowest BCUT2D eigenvalue weighted by molar-refractivity contribution is -0.122. The number of para-hydroxylation sites is 1. The van der Waals surface area contributed by atoms with Gasteiger partial charge in [-0.3, -0.25) is 4.79 Å². The van der Waals surface area contributed by atoms with Crippen LogP contribution < -0.4 is 4.90 Å². The number of amides is 1. The lowest BCUT2D eigenvalue weighted by Crippen LogP contribution is -2.45. The van der Waals surface area contributed by atoms with Crippen LogP contribution in [-0.4, -0.2) is 63.9 Å². The van der Waals surface area contributed by atoms with Crippen LogP contribution in [0.3, 0.4) is 0 Å². The number of hydrogen-bond donors (Lipinski definition) is 0. The molecular formula is C32H38N2O3. The van der Waals surface area contributed by atoms with Crippen LogP contribution in [0.1, 0.15) is 41.9 Å². The Morgan fingerprint density at radius 1 is 0.811 bits per heavy atom. The molecule has 194 valence electrons. The Morgan fingerprint density at radius 3 is 2.22 bits per heavy atom. The molecule has 1 unspecified atom stereocenters. The van der Waals surface area contributed by atoms with E-state index in [1.807, 2.05) is 17.0 Å². The maximum absolute atomic E-state index is 14.3. The van der Waals surface area contributed by atoms with Crippen LogP contribution in [-0.2, 0) is 19.7 Å². The third-order valence-corrected chi connectivity index (χ3v) is 8.08. The van der Waals surface area contributed by atoms with E-state index in [0.29, 0.717) is 32.3 Å². The van der Waals surface area contributed by atoms with Gasteiger partial charge in [0.15, 0.2) is 0 Å². The quantitative estimate of drug-likeness (QED) is 0.339. The van der Waals surface area contributed by atoms with E-state index in [-0.39, 0.29) is 5.91 Å². The van der Waals surface area contributed by atoms with Crippen molar-refractivity contribution < 1.29 is 14.3 Å². The van der Waals surface area contributed by atoms with Gasteiger partial charge in [-0.25, -0.2) is 0 Å². The van der Waals surface area contributed by atoms with Crippen molar-refractivity contribution in [2.75, 3.05) is 58.0 Å². The molecule has 0 aliphatic carbocycles. The summed E-state index contributed by atoms with van der Waals surface area (Å²) in [6.45, 7) is 5.14. The van der Waals surface area contributed by atoms with E-state index < -0.39 is 5.41 Å². The predicted octanol–water partition coefficient (Wildman–Crippen LogP) is 5.25. The van der Waals surface area contributed by atoms with Crippen LogP contribution in [0, 0.1) is 0 Å². The third-order valence-electron chi connectivity index (χ3n) is 8.08. The second kappa shape index (κ2) is 12.0. The van der Waals surface area contributed by atoms with Gasteiger partial charge in [-0.1, -0.05) is 78.9 Å². The van der Waals surface area contributed by atoms with Gasteiger partial charge < -0.3 is 19.3 Å². The van der Waals surface area contributed by atoms with Crippen LogP contribution in [0.2, 0.25) is 0 Å². The largest absolute Gasteiger partial charge is 0.382 e. The second-order valence-electron chi connectivity index (χ2n) is 10.1. The Morgan fingerprint density at radius 2 is 1.49 bits per heavy atom. The smallest absolute Gasteiger partial charge is 0.242 e. The van der Waals surface area contributed by atoms with E-state index >= 15 is 0 Å². The fraction of sp³-hybridized carbons (Fsp3) is 0.406. The topological polar surface area (TPSA) is 42.0 Å². The lowest BCUT2D eigenvalue weighted by atomic mass is 9.72. The molecule has 3 aromatic rings. The Kier molecular flexibility index (Phi) is 8.34. The fourth-order valence-corrected chi connectivity index (χ4v) is 6.08. The number of carbonyl (C=O) groups excluding carboxylic acids is 1. The van der Waals surface area contributed by atoms with Gasteiger partial charge in [-0.05, 0) is 67.6 Å². The van der Waals surface area contributed by atoms with Gasteiger partial charge >= 0.3 is 0 Å². The zero-order chi connectivity index (χ0) is 25.5. The van der Waals surface area contributed by atoms with E-state index in [1.54, 1.807) is 7.11 Å². The van der Waals surface area contributed by atoms with Crippen LogP contribution >= 0.6 is 0 Å². The summed E-state index contributed by atoms with van der Waals surface area (Å²) in [6, 6.07) is 29.6. The van der Waals surface area contributed by atoms with Gasteiger partial charge in [0, 0.05) is 19.3 Å². The Balaban J connectivity index is 1.35. The normalized spacial score (nSPS) is 20.4. The maximum atomic E-state index is 14.3. The SMILES string of the molecule is COCCOCCN1C(=O)C(CCN2CCC(c3ccccc3)CC2)(c2ccccc2)c2ccccc21. The monoisotopic (exact) mass is 498 g/mol. The van der Waals surface area contributed by atoms with Crippen molar-refractivity contribution in [2.45, 2.75) is 30.6 Å². The minimum Gasteiger partial charge on any atom is -0.382 e. The first-order valence-corrected chi connectivity index (χ1v) is 13.5. The molecule has 0 bridgehead atoms. The van der Waals surface area contributed by atoms with Crippen molar-refractivity contribution in [1.82, 2.24) is 4.90 Å². The highest BCUT2D eigenvalue weighted by atomic mass is 16.5. The Hall–Kier alpha value is -2.99. The molecule has 0 radical (unpaired) electrons. The van der Waals surface area contributed by atoms with Crippen molar-refractivity contribution in [3.8, 4) is 0 Å². The van der Waals surface area contributed by atoms with Gasteiger partial charge in [-0.2, -0.15) is 0 Å². The molecule has 37 heavy (non-hydrogen) atoms. The predicted molar refractivity (Wildman–Crippen MR) is 148 cm³/mol. The lowest BCUT2D eigenvalue weighted by Gasteiger charge is -2.36. The van der Waals surface area contributed by atoms with Crippen molar-refractivity contribution in [3.63, 3.8) is 0 Å². The molecule has 5 nitrogen and oxygen atoms in total. The molecule has 1 saturated heterocycles.